The minimum Gasteiger partial charge on any atom is -0.488 e. The maximum absolute atomic E-state index is 11.7. The minimum absolute atomic E-state index is 0.0576. The lowest BCUT2D eigenvalue weighted by Crippen LogP contribution is -2.42. The molecule has 0 spiro atoms. The molecule has 0 aromatic carbocycles. The molecule has 1 aliphatic carbocycles. The molecular weight excluding hydrogens is 166 g/mol. The molecule has 1 heterocycles. The van der Waals surface area contributed by atoms with Crippen molar-refractivity contribution in [2.75, 3.05) is 13.7 Å². The molecule has 0 aromatic rings. The van der Waals surface area contributed by atoms with E-state index in [-0.39, 0.29) is 5.91 Å². The lowest BCUT2D eigenvalue weighted by atomic mass is 9.92. The van der Waals surface area contributed by atoms with Gasteiger partial charge in [-0.3, -0.25) is 4.79 Å². The SMILES string of the molecule is CN(C(=O)C1=CCCO1)C1CCC1. The zero-order chi connectivity index (χ0) is 9.26. The van der Waals surface area contributed by atoms with Gasteiger partial charge in [-0.1, -0.05) is 0 Å². The first-order valence-electron chi connectivity index (χ1n) is 4.89. The first kappa shape index (κ1) is 8.60. The van der Waals surface area contributed by atoms with Gasteiger partial charge in [0.2, 0.25) is 0 Å². The number of ether oxygens (including phenoxy) is 1. The average Bonchev–Trinajstić information content (AvgIpc) is 2.51. The van der Waals surface area contributed by atoms with E-state index in [4.69, 9.17) is 4.74 Å². The Labute approximate surface area is 78.4 Å². The fourth-order valence-corrected chi connectivity index (χ4v) is 1.68. The van der Waals surface area contributed by atoms with Crippen LogP contribution in [0, 0.1) is 0 Å². The van der Waals surface area contributed by atoms with Gasteiger partial charge in [0.1, 0.15) is 0 Å². The second-order valence-electron chi connectivity index (χ2n) is 3.71. The van der Waals surface area contributed by atoms with Crippen molar-refractivity contribution in [2.45, 2.75) is 31.7 Å². The first-order chi connectivity index (χ1) is 6.29. The molecule has 13 heavy (non-hydrogen) atoms. The van der Waals surface area contributed by atoms with Crippen molar-refractivity contribution in [3.8, 4) is 0 Å². The van der Waals surface area contributed by atoms with Crippen molar-refractivity contribution >= 4 is 5.91 Å². The van der Waals surface area contributed by atoms with Crippen molar-refractivity contribution in [1.29, 1.82) is 0 Å². The number of carbonyl (C=O) groups excluding carboxylic acids is 1. The number of carbonyl (C=O) groups is 1. The Morgan fingerprint density at radius 2 is 2.38 bits per heavy atom. The molecule has 2 aliphatic rings. The zero-order valence-electron chi connectivity index (χ0n) is 7.95. The quantitative estimate of drug-likeness (QED) is 0.642. The summed E-state index contributed by atoms with van der Waals surface area (Å²) in [5.41, 5.74) is 0. The highest BCUT2D eigenvalue weighted by Crippen LogP contribution is 2.25. The van der Waals surface area contributed by atoms with Gasteiger partial charge in [0, 0.05) is 19.5 Å². The van der Waals surface area contributed by atoms with Gasteiger partial charge in [0.05, 0.1) is 6.61 Å². The van der Waals surface area contributed by atoms with Crippen LogP contribution in [-0.4, -0.2) is 30.5 Å². The van der Waals surface area contributed by atoms with Crippen molar-refractivity contribution in [2.24, 2.45) is 0 Å². The molecule has 1 saturated carbocycles. The number of nitrogens with zero attached hydrogens (tertiary/aromatic N) is 1. The summed E-state index contributed by atoms with van der Waals surface area (Å²) < 4.78 is 5.22. The third-order valence-corrected chi connectivity index (χ3v) is 2.86. The first-order valence-corrected chi connectivity index (χ1v) is 4.89. The predicted molar refractivity (Wildman–Crippen MR) is 49.1 cm³/mol. The minimum atomic E-state index is 0.0576. The van der Waals surface area contributed by atoms with Crippen LogP contribution < -0.4 is 0 Å². The average molecular weight is 181 g/mol. The number of likely N-dealkylation sites (N-methyl/N-ethyl adjacent to an activating group) is 1. The molecule has 1 aliphatic heterocycles. The molecule has 3 heteroatoms. The van der Waals surface area contributed by atoms with E-state index in [0.717, 1.165) is 19.3 Å². The summed E-state index contributed by atoms with van der Waals surface area (Å²) in [6.07, 6.45) is 6.31. The number of hydrogen-bond acceptors (Lipinski definition) is 2. The van der Waals surface area contributed by atoms with Gasteiger partial charge in [-0.05, 0) is 25.3 Å². The largest absolute Gasteiger partial charge is 0.488 e. The monoisotopic (exact) mass is 181 g/mol. The Hall–Kier alpha value is -0.990. The van der Waals surface area contributed by atoms with E-state index in [0.29, 0.717) is 18.4 Å². The highest BCUT2D eigenvalue weighted by atomic mass is 16.5. The summed E-state index contributed by atoms with van der Waals surface area (Å²) in [4.78, 5) is 13.5. The van der Waals surface area contributed by atoms with Gasteiger partial charge >= 0.3 is 0 Å². The van der Waals surface area contributed by atoms with Crippen LogP contribution in [0.1, 0.15) is 25.7 Å². The summed E-state index contributed by atoms with van der Waals surface area (Å²) in [5, 5.41) is 0. The normalized spacial score (nSPS) is 21.8. The van der Waals surface area contributed by atoms with Gasteiger partial charge in [0.25, 0.3) is 5.91 Å². The van der Waals surface area contributed by atoms with Crippen LogP contribution in [0.15, 0.2) is 11.8 Å². The second kappa shape index (κ2) is 3.40. The highest BCUT2D eigenvalue weighted by molar-refractivity contribution is 5.91. The third kappa shape index (κ3) is 1.55. The van der Waals surface area contributed by atoms with Gasteiger partial charge in [-0.15, -0.1) is 0 Å². The van der Waals surface area contributed by atoms with Gasteiger partial charge < -0.3 is 9.64 Å². The van der Waals surface area contributed by atoms with Crippen LogP contribution in [0.25, 0.3) is 0 Å². The van der Waals surface area contributed by atoms with Crippen molar-refractivity contribution < 1.29 is 9.53 Å². The van der Waals surface area contributed by atoms with Crippen molar-refractivity contribution in [1.82, 2.24) is 4.90 Å². The van der Waals surface area contributed by atoms with Crippen LogP contribution in [-0.2, 0) is 9.53 Å². The van der Waals surface area contributed by atoms with Crippen LogP contribution in [0.5, 0.6) is 0 Å². The van der Waals surface area contributed by atoms with E-state index >= 15 is 0 Å². The molecular formula is C10H15NO2. The summed E-state index contributed by atoms with van der Waals surface area (Å²) in [6, 6.07) is 0.456. The molecule has 2 rings (SSSR count). The molecule has 0 atom stereocenters. The van der Waals surface area contributed by atoms with Gasteiger partial charge in [0.15, 0.2) is 5.76 Å². The smallest absolute Gasteiger partial charge is 0.288 e. The Bertz CT molecular complexity index is 243. The van der Waals surface area contributed by atoms with E-state index < -0.39 is 0 Å². The molecule has 0 radical (unpaired) electrons. The van der Waals surface area contributed by atoms with E-state index in [9.17, 15) is 4.79 Å². The molecule has 3 nitrogen and oxygen atoms in total. The van der Waals surface area contributed by atoms with E-state index in [1.807, 2.05) is 18.0 Å². The van der Waals surface area contributed by atoms with Crippen LogP contribution >= 0.6 is 0 Å². The van der Waals surface area contributed by atoms with Gasteiger partial charge in [-0.2, -0.15) is 0 Å². The predicted octanol–water partition coefficient (Wildman–Crippen LogP) is 1.30. The Kier molecular flexibility index (Phi) is 2.25. The fourth-order valence-electron chi connectivity index (χ4n) is 1.68. The van der Waals surface area contributed by atoms with Gasteiger partial charge in [-0.25, -0.2) is 0 Å². The fraction of sp³-hybridized carbons (Fsp3) is 0.700. The summed E-state index contributed by atoms with van der Waals surface area (Å²) >= 11 is 0. The maximum Gasteiger partial charge on any atom is 0.288 e. The molecule has 0 aromatic heterocycles. The third-order valence-electron chi connectivity index (χ3n) is 2.86. The van der Waals surface area contributed by atoms with Crippen LogP contribution in [0.4, 0.5) is 0 Å². The van der Waals surface area contributed by atoms with Crippen molar-refractivity contribution in [3.05, 3.63) is 11.8 Å². The molecule has 72 valence electrons. The molecule has 0 unspecified atom stereocenters. The zero-order valence-corrected chi connectivity index (χ0v) is 7.95. The Morgan fingerprint density at radius 1 is 1.62 bits per heavy atom. The van der Waals surface area contributed by atoms with E-state index in [1.165, 1.54) is 6.42 Å². The molecule has 1 amide bonds. The van der Waals surface area contributed by atoms with Crippen molar-refractivity contribution in [3.63, 3.8) is 0 Å². The van der Waals surface area contributed by atoms with Crippen LogP contribution in [0.3, 0.4) is 0 Å². The summed E-state index contributed by atoms with van der Waals surface area (Å²) in [7, 11) is 1.87. The Morgan fingerprint density at radius 3 is 2.85 bits per heavy atom. The molecule has 0 saturated heterocycles. The van der Waals surface area contributed by atoms with Crippen LogP contribution in [0.2, 0.25) is 0 Å². The summed E-state index contributed by atoms with van der Waals surface area (Å²) in [6.45, 7) is 0.666. The standard InChI is InChI=1S/C10H15NO2/c1-11(8-4-2-5-8)10(12)9-6-3-7-13-9/h6,8H,2-5,7H2,1H3. The lowest BCUT2D eigenvalue weighted by molar-refractivity contribution is -0.132. The summed E-state index contributed by atoms with van der Waals surface area (Å²) in [5.74, 6) is 0.608. The van der Waals surface area contributed by atoms with E-state index in [1.54, 1.807) is 0 Å². The number of hydrogen-bond donors (Lipinski definition) is 0. The highest BCUT2D eigenvalue weighted by Gasteiger charge is 2.28. The topological polar surface area (TPSA) is 29.5 Å². The number of amides is 1. The molecule has 1 fully saturated rings. The lowest BCUT2D eigenvalue weighted by Gasteiger charge is -2.34. The molecule has 0 bridgehead atoms. The number of rotatable bonds is 2. The Balaban J connectivity index is 1.94. The molecule has 0 N–H and O–H groups in total. The second-order valence-corrected chi connectivity index (χ2v) is 3.71. The maximum atomic E-state index is 11.7. The van der Waals surface area contributed by atoms with E-state index in [2.05, 4.69) is 0 Å².